The predicted molar refractivity (Wildman–Crippen MR) is 139 cm³/mol. The molecule has 0 saturated carbocycles. The van der Waals surface area contributed by atoms with Crippen LogP contribution in [0, 0.1) is 12.8 Å². The van der Waals surface area contributed by atoms with Gasteiger partial charge in [0.05, 0.1) is 42.2 Å². The lowest BCUT2D eigenvalue weighted by atomic mass is 9.96. The van der Waals surface area contributed by atoms with Crippen LogP contribution in [0.1, 0.15) is 43.3 Å². The number of aromatic nitrogens is 3. The Morgan fingerprint density at radius 2 is 2.00 bits per heavy atom. The summed E-state index contributed by atoms with van der Waals surface area (Å²) in [7, 11) is 0. The topological polar surface area (TPSA) is 116 Å². The zero-order valence-corrected chi connectivity index (χ0v) is 21.6. The summed E-state index contributed by atoms with van der Waals surface area (Å²) < 4.78 is 14.1. The largest absolute Gasteiger partial charge is 0.394 e. The molecule has 0 bridgehead atoms. The second-order valence-electron chi connectivity index (χ2n) is 9.22. The second kappa shape index (κ2) is 12.1. The summed E-state index contributed by atoms with van der Waals surface area (Å²) in [6, 6.07) is 2.10. The van der Waals surface area contributed by atoms with E-state index in [1.165, 1.54) is 4.88 Å². The van der Waals surface area contributed by atoms with Gasteiger partial charge in [0.1, 0.15) is 17.9 Å². The summed E-state index contributed by atoms with van der Waals surface area (Å²) in [6.45, 7) is 7.74. The van der Waals surface area contributed by atoms with Gasteiger partial charge in [-0.05, 0) is 38.2 Å². The number of aryl methyl sites for hydroxylation is 2. The van der Waals surface area contributed by atoms with E-state index in [0.717, 1.165) is 78.8 Å². The number of pyridine rings is 1. The van der Waals surface area contributed by atoms with Crippen LogP contribution >= 0.6 is 11.3 Å². The van der Waals surface area contributed by atoms with Gasteiger partial charge >= 0.3 is 0 Å². The van der Waals surface area contributed by atoms with Crippen LogP contribution in [-0.4, -0.2) is 76.6 Å². The number of thiophene rings is 1. The highest BCUT2D eigenvalue weighted by molar-refractivity contribution is 7.19. The molecule has 1 saturated heterocycles. The zero-order valence-electron chi connectivity index (χ0n) is 20.8. The number of ether oxygens (including phenoxy) is 2. The number of carbonyl (C=O) groups excluding carboxylic acids is 1. The number of anilines is 1. The monoisotopic (exact) mass is 503 g/mol. The van der Waals surface area contributed by atoms with E-state index < -0.39 is 0 Å². The minimum absolute atomic E-state index is 0.00897. The predicted octanol–water partition coefficient (Wildman–Crippen LogP) is 3.14. The van der Waals surface area contributed by atoms with Crippen LogP contribution in [0.3, 0.4) is 0 Å². The van der Waals surface area contributed by atoms with Gasteiger partial charge < -0.3 is 29.8 Å². The van der Waals surface area contributed by atoms with Crippen LogP contribution in [0.5, 0.6) is 0 Å². The van der Waals surface area contributed by atoms with E-state index in [0.29, 0.717) is 24.9 Å². The highest BCUT2D eigenvalue weighted by Gasteiger charge is 2.26. The quantitative estimate of drug-likeness (QED) is 0.365. The first-order chi connectivity index (χ1) is 17.0. The van der Waals surface area contributed by atoms with Gasteiger partial charge in [0.25, 0.3) is 0 Å². The van der Waals surface area contributed by atoms with E-state index in [1.807, 2.05) is 4.90 Å². The fraction of sp³-hybridized carbons (Fsp3) is 0.640. The molecule has 3 N–H and O–H groups in total. The maximum absolute atomic E-state index is 12.5. The third-order valence-corrected chi connectivity index (χ3v) is 7.62. The molecule has 0 unspecified atom stereocenters. The Labute approximate surface area is 210 Å². The summed E-state index contributed by atoms with van der Waals surface area (Å²) in [6.07, 6.45) is 5.02. The number of hydrogen-bond donors (Lipinski definition) is 2. The van der Waals surface area contributed by atoms with Crippen LogP contribution in [0.15, 0.2) is 6.07 Å². The number of nitrogens with two attached hydrogens (primary N) is 1. The van der Waals surface area contributed by atoms with Crippen LogP contribution in [0.2, 0.25) is 0 Å². The Balaban J connectivity index is 1.43. The first-order valence-corrected chi connectivity index (χ1v) is 13.4. The van der Waals surface area contributed by atoms with Gasteiger partial charge in [0.15, 0.2) is 5.82 Å². The average Bonchev–Trinajstić information content (AvgIpc) is 3.40. The maximum Gasteiger partial charge on any atom is 0.248 e. The van der Waals surface area contributed by atoms with E-state index in [9.17, 15) is 4.79 Å². The van der Waals surface area contributed by atoms with E-state index in [-0.39, 0.29) is 25.7 Å². The zero-order chi connectivity index (χ0) is 24.8. The van der Waals surface area contributed by atoms with Crippen molar-refractivity contribution in [2.24, 2.45) is 5.92 Å². The molecule has 4 rings (SSSR count). The molecular weight excluding hydrogens is 466 g/mol. The molecule has 192 valence electrons. The van der Waals surface area contributed by atoms with Crippen LogP contribution in [0.25, 0.3) is 21.3 Å². The van der Waals surface area contributed by atoms with Crippen LogP contribution in [0.4, 0.5) is 5.82 Å². The molecule has 1 amide bonds. The fourth-order valence-corrected chi connectivity index (χ4v) is 5.73. The van der Waals surface area contributed by atoms with E-state index >= 15 is 0 Å². The lowest BCUT2D eigenvalue weighted by Gasteiger charge is -2.32. The Morgan fingerprint density at radius 1 is 1.23 bits per heavy atom. The van der Waals surface area contributed by atoms with E-state index in [4.69, 9.17) is 25.3 Å². The molecule has 0 spiro atoms. The maximum atomic E-state index is 12.5. The summed E-state index contributed by atoms with van der Waals surface area (Å²) in [4.78, 5) is 25.2. The number of nitrogens with zero attached hydrogens (tertiary/aromatic N) is 4. The lowest BCUT2D eigenvalue weighted by Crippen LogP contribution is -2.41. The summed E-state index contributed by atoms with van der Waals surface area (Å²) >= 11 is 1.75. The van der Waals surface area contributed by atoms with Crippen molar-refractivity contribution >= 4 is 44.3 Å². The van der Waals surface area contributed by atoms with Crippen molar-refractivity contribution in [3.63, 3.8) is 0 Å². The van der Waals surface area contributed by atoms with Crippen molar-refractivity contribution in [1.82, 2.24) is 19.4 Å². The number of carbonyl (C=O) groups is 1. The number of imidazole rings is 1. The van der Waals surface area contributed by atoms with Crippen molar-refractivity contribution in [1.29, 1.82) is 0 Å². The molecule has 0 aromatic carbocycles. The lowest BCUT2D eigenvalue weighted by molar-refractivity contribution is -0.138. The number of likely N-dealkylation sites (tertiary alicyclic amines) is 1. The third kappa shape index (κ3) is 6.11. The molecule has 9 nitrogen and oxygen atoms in total. The Bertz CT molecular complexity index is 1140. The Hall–Kier alpha value is -2.27. The number of aliphatic hydroxyl groups excluding tert-OH is 1. The van der Waals surface area contributed by atoms with Gasteiger partial charge in [0, 0.05) is 30.9 Å². The molecule has 1 aliphatic heterocycles. The fourth-order valence-electron chi connectivity index (χ4n) is 4.72. The average molecular weight is 504 g/mol. The molecule has 35 heavy (non-hydrogen) atoms. The first kappa shape index (κ1) is 25.8. The minimum Gasteiger partial charge on any atom is -0.394 e. The second-order valence-corrected chi connectivity index (χ2v) is 10.5. The van der Waals surface area contributed by atoms with E-state index in [2.05, 4.69) is 29.5 Å². The SMILES string of the molecule is CCCCc1nc2c(N)nc3cc(C)sc3c2n1CC1CCN(C(=O)COCCOCCO)CC1. The van der Waals surface area contributed by atoms with Gasteiger partial charge in [-0.25, -0.2) is 9.97 Å². The van der Waals surface area contributed by atoms with Crippen LogP contribution < -0.4 is 5.73 Å². The molecule has 1 aliphatic rings. The number of nitrogen functional groups attached to an aromatic ring is 1. The standard InChI is InChI=1S/C25H37N5O4S/c1-3-4-5-20-28-22-23(24-19(27-25(22)26)14-17(2)35-24)30(20)15-18-6-8-29(9-7-18)21(32)16-34-13-12-33-11-10-31/h14,18,31H,3-13,15-16H2,1-2H3,(H2,26,27). The molecular formula is C25H37N5O4S. The molecule has 3 aromatic rings. The van der Waals surface area contributed by atoms with Crippen molar-refractivity contribution in [3.05, 3.63) is 16.8 Å². The number of unbranched alkanes of at least 4 members (excludes halogenated alkanes) is 1. The summed E-state index contributed by atoms with van der Waals surface area (Å²) in [5.41, 5.74) is 9.23. The number of fused-ring (bicyclic) bond motifs is 3. The number of piperidine rings is 1. The normalized spacial score (nSPS) is 15.0. The highest BCUT2D eigenvalue weighted by Crippen LogP contribution is 2.35. The molecule has 0 atom stereocenters. The highest BCUT2D eigenvalue weighted by atomic mass is 32.1. The van der Waals surface area contributed by atoms with Gasteiger partial charge in [-0.15, -0.1) is 11.3 Å². The van der Waals surface area contributed by atoms with E-state index in [1.54, 1.807) is 11.3 Å². The van der Waals surface area contributed by atoms with Gasteiger partial charge in [0.2, 0.25) is 5.91 Å². The number of hydrogen-bond acceptors (Lipinski definition) is 8. The molecule has 1 fully saturated rings. The molecule has 0 aliphatic carbocycles. The molecule has 3 aromatic heterocycles. The summed E-state index contributed by atoms with van der Waals surface area (Å²) in [5.74, 6) is 2.08. The smallest absolute Gasteiger partial charge is 0.248 e. The first-order valence-electron chi connectivity index (χ1n) is 12.6. The van der Waals surface area contributed by atoms with Crippen LogP contribution in [-0.2, 0) is 27.2 Å². The van der Waals surface area contributed by atoms with Gasteiger partial charge in [-0.1, -0.05) is 13.3 Å². The molecule has 4 heterocycles. The molecule has 10 heteroatoms. The van der Waals surface area contributed by atoms with Crippen molar-refractivity contribution in [2.45, 2.75) is 52.5 Å². The summed E-state index contributed by atoms with van der Waals surface area (Å²) in [5, 5.41) is 8.71. The third-order valence-electron chi connectivity index (χ3n) is 6.58. The Morgan fingerprint density at radius 3 is 2.74 bits per heavy atom. The Kier molecular flexibility index (Phi) is 8.94. The van der Waals surface area contributed by atoms with Crippen molar-refractivity contribution in [2.75, 3.05) is 51.9 Å². The number of rotatable bonds is 12. The van der Waals surface area contributed by atoms with Gasteiger partial charge in [-0.2, -0.15) is 0 Å². The number of aliphatic hydroxyl groups is 1. The van der Waals surface area contributed by atoms with Crippen molar-refractivity contribution in [3.8, 4) is 0 Å². The minimum atomic E-state index is -0.00897. The van der Waals surface area contributed by atoms with Gasteiger partial charge in [-0.3, -0.25) is 4.79 Å². The van der Waals surface area contributed by atoms with Crippen molar-refractivity contribution < 1.29 is 19.4 Å². The molecule has 0 radical (unpaired) electrons. The number of amides is 1.